The Morgan fingerprint density at radius 2 is 1.91 bits per heavy atom. The van der Waals surface area contributed by atoms with Crippen LogP contribution in [0.5, 0.6) is 0 Å². The minimum Gasteiger partial charge on any atom is -0.349 e. The maximum absolute atomic E-state index is 12.7. The van der Waals surface area contributed by atoms with Crippen molar-refractivity contribution >= 4 is 15.9 Å². The van der Waals surface area contributed by atoms with Gasteiger partial charge in [-0.15, -0.1) is 0 Å². The highest BCUT2D eigenvalue weighted by molar-refractivity contribution is 7.89. The first-order valence-electron chi connectivity index (χ1n) is 7.85. The Hall–Kier alpha value is -1.38. The van der Waals surface area contributed by atoms with E-state index >= 15 is 0 Å². The third-order valence-corrected chi connectivity index (χ3v) is 5.73. The number of rotatable bonds is 5. The van der Waals surface area contributed by atoms with E-state index < -0.39 is 15.6 Å². The van der Waals surface area contributed by atoms with Gasteiger partial charge in [0.05, 0.1) is 0 Å². The predicted molar refractivity (Wildman–Crippen MR) is 88.6 cm³/mol. The first-order chi connectivity index (χ1) is 10.6. The van der Waals surface area contributed by atoms with Gasteiger partial charge in [0, 0.05) is 38.4 Å². The normalized spacial score (nSPS) is 17.2. The molecule has 1 fully saturated rings. The number of nitrogens with one attached hydrogen (secondary N) is 1. The van der Waals surface area contributed by atoms with Gasteiger partial charge in [0.1, 0.15) is 10.6 Å². The maximum atomic E-state index is 12.7. The maximum Gasteiger partial charge on any atom is 0.268 e. The zero-order chi connectivity index (χ0) is 17.3. The molecule has 0 bridgehead atoms. The molecule has 0 unspecified atom stereocenters. The molecule has 1 saturated heterocycles. The Morgan fingerprint density at radius 3 is 2.48 bits per heavy atom. The first-order valence-corrected chi connectivity index (χ1v) is 9.29. The van der Waals surface area contributed by atoms with E-state index in [2.05, 4.69) is 5.32 Å². The Balaban J connectivity index is 2.18. The molecule has 0 spiro atoms. The van der Waals surface area contributed by atoms with Crippen LogP contribution in [0.25, 0.3) is 0 Å². The lowest BCUT2D eigenvalue weighted by atomic mass is 10.1. The number of piperidine rings is 1. The fourth-order valence-corrected chi connectivity index (χ4v) is 4.14. The van der Waals surface area contributed by atoms with Crippen molar-refractivity contribution in [1.82, 2.24) is 14.2 Å². The van der Waals surface area contributed by atoms with E-state index in [0.29, 0.717) is 25.3 Å². The van der Waals surface area contributed by atoms with Crippen molar-refractivity contribution < 1.29 is 13.2 Å². The quantitative estimate of drug-likeness (QED) is 0.822. The molecule has 0 aromatic carbocycles. The predicted octanol–water partition coefficient (Wildman–Crippen LogP) is 0.667. The molecule has 0 atom stereocenters. The molecular formula is C15H26N4O3S. The molecule has 1 amide bonds. The number of nitrogens with zero attached hydrogens (tertiary/aromatic N) is 2. The van der Waals surface area contributed by atoms with Crippen LogP contribution in [-0.4, -0.2) is 48.4 Å². The van der Waals surface area contributed by atoms with Crippen molar-refractivity contribution in [2.45, 2.75) is 43.5 Å². The lowest BCUT2D eigenvalue weighted by molar-refractivity contribution is 0.0938. The van der Waals surface area contributed by atoms with Crippen molar-refractivity contribution in [1.29, 1.82) is 0 Å². The van der Waals surface area contributed by atoms with Crippen LogP contribution in [-0.2, 0) is 17.1 Å². The second-order valence-corrected chi connectivity index (χ2v) is 8.75. The molecule has 0 saturated carbocycles. The molecule has 130 valence electrons. The standard InChI is InChI=1S/C15H26N4O3S/c1-15(2,16)11-17-14(20)13-9-12(10-18(13)3)23(21,22)19-7-5-4-6-8-19/h9-10H,4-8,11,16H2,1-3H3,(H,17,20). The average Bonchev–Trinajstić information content (AvgIpc) is 2.88. The minimum absolute atomic E-state index is 0.166. The van der Waals surface area contributed by atoms with Crippen molar-refractivity contribution in [3.05, 3.63) is 18.0 Å². The molecule has 1 aromatic rings. The van der Waals surface area contributed by atoms with Crippen LogP contribution in [0.15, 0.2) is 17.2 Å². The van der Waals surface area contributed by atoms with Crippen molar-refractivity contribution in [3.8, 4) is 0 Å². The Kier molecular flexibility index (Phi) is 5.17. The number of aromatic nitrogens is 1. The molecule has 0 radical (unpaired) electrons. The molecule has 2 heterocycles. The summed E-state index contributed by atoms with van der Waals surface area (Å²) in [6, 6.07) is 1.43. The summed E-state index contributed by atoms with van der Waals surface area (Å²) in [7, 11) is -1.87. The third kappa shape index (κ3) is 4.33. The summed E-state index contributed by atoms with van der Waals surface area (Å²) in [4.78, 5) is 12.4. The largest absolute Gasteiger partial charge is 0.349 e. The molecule has 8 heteroatoms. The zero-order valence-corrected chi connectivity index (χ0v) is 14.8. The fraction of sp³-hybridized carbons (Fsp3) is 0.667. The van der Waals surface area contributed by atoms with Crippen LogP contribution in [0.4, 0.5) is 0 Å². The third-order valence-electron chi connectivity index (χ3n) is 3.87. The van der Waals surface area contributed by atoms with Gasteiger partial charge in [0.25, 0.3) is 5.91 Å². The lowest BCUT2D eigenvalue weighted by Crippen LogP contribution is -2.45. The molecule has 3 N–H and O–H groups in total. The molecule has 1 aromatic heterocycles. The number of hydrogen-bond acceptors (Lipinski definition) is 4. The molecule has 1 aliphatic heterocycles. The second-order valence-electron chi connectivity index (χ2n) is 6.81. The minimum atomic E-state index is -3.53. The van der Waals surface area contributed by atoms with Crippen molar-refractivity contribution in [3.63, 3.8) is 0 Å². The number of aryl methyl sites for hydroxylation is 1. The van der Waals surface area contributed by atoms with E-state index in [1.807, 2.05) is 13.8 Å². The monoisotopic (exact) mass is 342 g/mol. The van der Waals surface area contributed by atoms with E-state index in [0.717, 1.165) is 19.3 Å². The van der Waals surface area contributed by atoms with Gasteiger partial charge in [-0.2, -0.15) is 4.31 Å². The highest BCUT2D eigenvalue weighted by atomic mass is 32.2. The van der Waals surface area contributed by atoms with Gasteiger partial charge in [0.2, 0.25) is 10.0 Å². The molecular weight excluding hydrogens is 316 g/mol. The smallest absolute Gasteiger partial charge is 0.268 e. The number of amides is 1. The number of carbonyl (C=O) groups is 1. The first kappa shape index (κ1) is 18.0. The highest BCUT2D eigenvalue weighted by Gasteiger charge is 2.28. The van der Waals surface area contributed by atoms with E-state index in [4.69, 9.17) is 5.73 Å². The van der Waals surface area contributed by atoms with Gasteiger partial charge < -0.3 is 15.6 Å². The Labute approximate surface area is 137 Å². The molecule has 1 aliphatic rings. The topological polar surface area (TPSA) is 97.4 Å². The van der Waals surface area contributed by atoms with Crippen LogP contribution < -0.4 is 11.1 Å². The number of hydrogen-bond donors (Lipinski definition) is 2. The summed E-state index contributed by atoms with van der Waals surface area (Å²) in [5.41, 5.74) is 5.63. The number of sulfonamides is 1. The van der Waals surface area contributed by atoms with E-state index in [1.165, 1.54) is 21.1 Å². The van der Waals surface area contributed by atoms with Gasteiger partial charge in [-0.3, -0.25) is 4.79 Å². The van der Waals surface area contributed by atoms with Gasteiger partial charge in [-0.1, -0.05) is 6.42 Å². The van der Waals surface area contributed by atoms with E-state index in [-0.39, 0.29) is 10.8 Å². The average molecular weight is 342 g/mol. The summed E-state index contributed by atoms with van der Waals surface area (Å²) in [5.74, 6) is -0.328. The van der Waals surface area contributed by atoms with Crippen LogP contribution in [0.1, 0.15) is 43.6 Å². The van der Waals surface area contributed by atoms with Gasteiger partial charge in [0.15, 0.2) is 0 Å². The number of carbonyl (C=O) groups excluding carboxylic acids is 1. The number of nitrogens with two attached hydrogens (primary N) is 1. The van der Waals surface area contributed by atoms with Crippen LogP contribution in [0.2, 0.25) is 0 Å². The van der Waals surface area contributed by atoms with E-state index in [9.17, 15) is 13.2 Å². The van der Waals surface area contributed by atoms with Crippen LogP contribution >= 0.6 is 0 Å². The zero-order valence-electron chi connectivity index (χ0n) is 14.0. The summed E-state index contributed by atoms with van der Waals surface area (Å²) in [6.45, 7) is 5.01. The molecule has 7 nitrogen and oxygen atoms in total. The SMILES string of the molecule is Cn1cc(S(=O)(=O)N2CCCCC2)cc1C(=O)NCC(C)(C)N. The summed E-state index contributed by atoms with van der Waals surface area (Å²) < 4.78 is 28.3. The Morgan fingerprint density at radius 1 is 1.30 bits per heavy atom. The van der Waals surface area contributed by atoms with Crippen molar-refractivity contribution in [2.75, 3.05) is 19.6 Å². The lowest BCUT2D eigenvalue weighted by Gasteiger charge is -2.25. The van der Waals surface area contributed by atoms with Crippen molar-refractivity contribution in [2.24, 2.45) is 12.8 Å². The molecule has 0 aliphatic carbocycles. The van der Waals surface area contributed by atoms with Gasteiger partial charge >= 0.3 is 0 Å². The van der Waals surface area contributed by atoms with Gasteiger partial charge in [-0.05, 0) is 32.8 Å². The van der Waals surface area contributed by atoms with E-state index in [1.54, 1.807) is 7.05 Å². The molecule has 2 rings (SSSR count). The summed E-state index contributed by atoms with van der Waals surface area (Å²) in [5, 5.41) is 2.73. The Bertz CT molecular complexity index is 667. The van der Waals surface area contributed by atoms with Crippen LogP contribution in [0, 0.1) is 0 Å². The fourth-order valence-electron chi connectivity index (χ4n) is 2.55. The van der Waals surface area contributed by atoms with Crippen LogP contribution in [0.3, 0.4) is 0 Å². The van der Waals surface area contributed by atoms with Gasteiger partial charge in [-0.25, -0.2) is 8.42 Å². The molecule has 23 heavy (non-hydrogen) atoms. The summed E-state index contributed by atoms with van der Waals surface area (Å²) in [6.07, 6.45) is 4.31. The highest BCUT2D eigenvalue weighted by Crippen LogP contribution is 2.22. The summed E-state index contributed by atoms with van der Waals surface area (Å²) >= 11 is 0. The second kappa shape index (κ2) is 6.62.